The van der Waals surface area contributed by atoms with Crippen molar-refractivity contribution < 1.29 is 8.91 Å². The molecule has 0 saturated heterocycles. The third kappa shape index (κ3) is 6.82. The Balaban J connectivity index is 1.73. The minimum atomic E-state index is -0.210. The summed E-state index contributed by atoms with van der Waals surface area (Å²) in [6.45, 7) is 8.31. The normalized spacial score (nSPS) is 11.8. The smallest absolute Gasteiger partial charge is 0.226 e. The van der Waals surface area contributed by atoms with E-state index in [0.29, 0.717) is 12.4 Å². The van der Waals surface area contributed by atoms with Crippen LogP contribution in [-0.2, 0) is 12.8 Å². The number of hydrogen-bond donors (Lipinski definition) is 2. The molecule has 6 nitrogen and oxygen atoms in total. The van der Waals surface area contributed by atoms with Crippen LogP contribution in [0.3, 0.4) is 0 Å². The summed E-state index contributed by atoms with van der Waals surface area (Å²) >= 11 is 0. The van der Waals surface area contributed by atoms with Gasteiger partial charge in [-0.1, -0.05) is 31.1 Å². The zero-order valence-electron chi connectivity index (χ0n) is 15.8. The van der Waals surface area contributed by atoms with Crippen LogP contribution < -0.4 is 10.6 Å². The first-order valence-electron chi connectivity index (χ1n) is 9.17. The summed E-state index contributed by atoms with van der Waals surface area (Å²) in [6, 6.07) is 6.57. The molecule has 7 heteroatoms. The van der Waals surface area contributed by atoms with Gasteiger partial charge in [-0.05, 0) is 37.5 Å². The molecule has 1 heterocycles. The average molecular weight is 361 g/mol. The van der Waals surface area contributed by atoms with Crippen LogP contribution in [0.5, 0.6) is 0 Å². The van der Waals surface area contributed by atoms with E-state index < -0.39 is 0 Å². The highest BCUT2D eigenvalue weighted by atomic mass is 19.1. The molecule has 2 aromatic rings. The largest absolute Gasteiger partial charge is 0.357 e. The molecule has 0 aliphatic heterocycles. The quantitative estimate of drug-likeness (QED) is 0.408. The highest BCUT2D eigenvalue weighted by Crippen LogP contribution is 2.10. The van der Waals surface area contributed by atoms with Gasteiger partial charge in [0.2, 0.25) is 5.89 Å². The van der Waals surface area contributed by atoms with Gasteiger partial charge in [-0.15, -0.1) is 0 Å². The molecular formula is C19H28FN5O. The second kappa shape index (κ2) is 10.5. The van der Waals surface area contributed by atoms with Gasteiger partial charge in [0.1, 0.15) is 5.82 Å². The summed E-state index contributed by atoms with van der Waals surface area (Å²) in [5, 5.41) is 10.5. The number of nitrogens with one attached hydrogen (secondary N) is 2. The standard InChI is InChI=1S/C19H28FN5O/c1-4-21-19(23-13-11-15-7-9-16(20)10-8-15)22-12-5-6-17-24-18(14(2)3)25-26-17/h7-10,14H,4-6,11-13H2,1-3H3,(H2,21,22,23). The SMILES string of the molecule is CCNC(=NCCCc1nc(C(C)C)no1)NCCc1ccc(F)cc1. The van der Waals surface area contributed by atoms with E-state index in [0.717, 1.165) is 49.7 Å². The molecule has 0 unspecified atom stereocenters. The van der Waals surface area contributed by atoms with Crippen LogP contribution in [0.1, 0.15) is 50.4 Å². The summed E-state index contributed by atoms with van der Waals surface area (Å²) in [5.41, 5.74) is 1.09. The highest BCUT2D eigenvalue weighted by molar-refractivity contribution is 5.79. The van der Waals surface area contributed by atoms with Crippen LogP contribution >= 0.6 is 0 Å². The van der Waals surface area contributed by atoms with Gasteiger partial charge in [0.25, 0.3) is 0 Å². The van der Waals surface area contributed by atoms with Gasteiger partial charge in [0.05, 0.1) is 0 Å². The zero-order valence-corrected chi connectivity index (χ0v) is 15.8. The third-order valence-electron chi connectivity index (χ3n) is 3.78. The molecule has 2 rings (SSSR count). The molecule has 26 heavy (non-hydrogen) atoms. The summed E-state index contributed by atoms with van der Waals surface area (Å²) in [5.74, 6) is 2.26. The van der Waals surface area contributed by atoms with Gasteiger partial charge in [-0.25, -0.2) is 4.39 Å². The first-order valence-corrected chi connectivity index (χ1v) is 9.17. The second-order valence-electron chi connectivity index (χ2n) is 6.37. The van der Waals surface area contributed by atoms with E-state index in [-0.39, 0.29) is 11.7 Å². The van der Waals surface area contributed by atoms with Crippen molar-refractivity contribution in [3.63, 3.8) is 0 Å². The highest BCUT2D eigenvalue weighted by Gasteiger charge is 2.09. The van der Waals surface area contributed by atoms with E-state index >= 15 is 0 Å². The summed E-state index contributed by atoms with van der Waals surface area (Å²) < 4.78 is 18.1. The van der Waals surface area contributed by atoms with Crippen molar-refractivity contribution in [2.24, 2.45) is 4.99 Å². The number of guanidine groups is 1. The number of hydrogen-bond acceptors (Lipinski definition) is 4. The fraction of sp³-hybridized carbons (Fsp3) is 0.526. The van der Waals surface area contributed by atoms with E-state index in [1.165, 1.54) is 12.1 Å². The lowest BCUT2D eigenvalue weighted by atomic mass is 10.1. The Labute approximate surface area is 154 Å². The van der Waals surface area contributed by atoms with Crippen molar-refractivity contribution in [2.75, 3.05) is 19.6 Å². The number of nitrogens with zero attached hydrogens (tertiary/aromatic N) is 3. The number of aromatic nitrogens is 2. The maximum absolute atomic E-state index is 12.9. The minimum absolute atomic E-state index is 0.210. The average Bonchev–Trinajstić information content (AvgIpc) is 3.09. The van der Waals surface area contributed by atoms with E-state index in [4.69, 9.17) is 4.52 Å². The first-order chi connectivity index (χ1) is 12.6. The fourth-order valence-corrected chi connectivity index (χ4v) is 2.34. The van der Waals surface area contributed by atoms with Crippen molar-refractivity contribution >= 4 is 5.96 Å². The van der Waals surface area contributed by atoms with Crippen molar-refractivity contribution in [3.8, 4) is 0 Å². The fourth-order valence-electron chi connectivity index (χ4n) is 2.34. The minimum Gasteiger partial charge on any atom is -0.357 e. The molecule has 0 amide bonds. The molecule has 0 saturated carbocycles. The van der Waals surface area contributed by atoms with Crippen LogP contribution in [-0.4, -0.2) is 35.7 Å². The molecule has 142 valence electrons. The van der Waals surface area contributed by atoms with Crippen LogP contribution in [0.25, 0.3) is 0 Å². The third-order valence-corrected chi connectivity index (χ3v) is 3.78. The molecular weight excluding hydrogens is 333 g/mol. The molecule has 0 bridgehead atoms. The lowest BCUT2D eigenvalue weighted by molar-refractivity contribution is 0.369. The van der Waals surface area contributed by atoms with Gasteiger partial charge >= 0.3 is 0 Å². The Morgan fingerprint density at radius 2 is 1.96 bits per heavy atom. The molecule has 2 N–H and O–H groups in total. The predicted molar refractivity (Wildman–Crippen MR) is 101 cm³/mol. The van der Waals surface area contributed by atoms with Crippen LogP contribution in [0.15, 0.2) is 33.8 Å². The van der Waals surface area contributed by atoms with Gasteiger partial charge < -0.3 is 15.2 Å². The van der Waals surface area contributed by atoms with Crippen molar-refractivity contribution in [2.45, 2.75) is 46.0 Å². The summed E-state index contributed by atoms with van der Waals surface area (Å²) in [6.07, 6.45) is 2.37. The van der Waals surface area contributed by atoms with Gasteiger partial charge in [-0.3, -0.25) is 4.99 Å². The molecule has 0 aliphatic rings. The monoisotopic (exact) mass is 361 g/mol. The van der Waals surface area contributed by atoms with Crippen molar-refractivity contribution in [1.82, 2.24) is 20.8 Å². The molecule has 0 fully saturated rings. The molecule has 0 atom stereocenters. The lowest BCUT2D eigenvalue weighted by Gasteiger charge is -2.11. The van der Waals surface area contributed by atoms with Crippen molar-refractivity contribution in [3.05, 3.63) is 47.4 Å². The van der Waals surface area contributed by atoms with Gasteiger partial charge in [-0.2, -0.15) is 4.98 Å². The van der Waals surface area contributed by atoms with Crippen LogP contribution in [0.2, 0.25) is 0 Å². The van der Waals surface area contributed by atoms with E-state index in [9.17, 15) is 4.39 Å². The molecule has 0 radical (unpaired) electrons. The Hall–Kier alpha value is -2.44. The maximum atomic E-state index is 12.9. The molecule has 0 spiro atoms. The Bertz CT molecular complexity index is 681. The number of aryl methyl sites for hydroxylation is 1. The van der Waals surface area contributed by atoms with Crippen molar-refractivity contribution in [1.29, 1.82) is 0 Å². The number of rotatable bonds is 9. The second-order valence-corrected chi connectivity index (χ2v) is 6.37. The number of benzene rings is 1. The molecule has 0 aliphatic carbocycles. The molecule has 1 aromatic carbocycles. The number of halogens is 1. The van der Waals surface area contributed by atoms with Crippen LogP contribution in [0.4, 0.5) is 4.39 Å². The maximum Gasteiger partial charge on any atom is 0.226 e. The predicted octanol–water partition coefficient (Wildman–Crippen LogP) is 3.06. The van der Waals surface area contributed by atoms with Gasteiger partial charge in [0, 0.05) is 32.0 Å². The Morgan fingerprint density at radius 3 is 2.62 bits per heavy atom. The van der Waals surface area contributed by atoms with Crippen LogP contribution in [0, 0.1) is 5.82 Å². The topological polar surface area (TPSA) is 75.3 Å². The first kappa shape index (κ1) is 19.9. The summed E-state index contributed by atoms with van der Waals surface area (Å²) in [7, 11) is 0. The number of aliphatic imine (C=N–C) groups is 1. The Morgan fingerprint density at radius 1 is 1.19 bits per heavy atom. The summed E-state index contributed by atoms with van der Waals surface area (Å²) in [4.78, 5) is 8.93. The van der Waals surface area contributed by atoms with E-state index in [2.05, 4.69) is 25.8 Å². The lowest BCUT2D eigenvalue weighted by Crippen LogP contribution is -2.38. The molecule has 1 aromatic heterocycles. The van der Waals surface area contributed by atoms with E-state index in [1.807, 2.05) is 20.8 Å². The van der Waals surface area contributed by atoms with E-state index in [1.54, 1.807) is 12.1 Å². The Kier molecular flexibility index (Phi) is 8.05. The zero-order chi connectivity index (χ0) is 18.8. The van der Waals surface area contributed by atoms with Gasteiger partial charge in [0.15, 0.2) is 11.8 Å².